The fraction of sp³-hybridized carbons (Fsp3) is 0.500. The van der Waals surface area contributed by atoms with Gasteiger partial charge in [-0.15, -0.1) is 0 Å². The molecule has 7 heteroatoms. The highest BCUT2D eigenvalue weighted by Crippen LogP contribution is 2.30. The highest BCUT2D eigenvalue weighted by Gasteiger charge is 2.18. The fourth-order valence-electron chi connectivity index (χ4n) is 2.04. The van der Waals surface area contributed by atoms with Gasteiger partial charge < -0.3 is 10.1 Å². The van der Waals surface area contributed by atoms with E-state index in [0.717, 1.165) is 0 Å². The zero-order valence-corrected chi connectivity index (χ0v) is 13.8. The molecule has 0 atom stereocenters. The lowest BCUT2D eigenvalue weighted by molar-refractivity contribution is -0.123. The Morgan fingerprint density at radius 3 is 2.33 bits per heavy atom. The van der Waals surface area contributed by atoms with Crippen LogP contribution in [0.4, 0.5) is 0 Å². The molecule has 0 saturated heterocycles. The van der Waals surface area contributed by atoms with Crippen molar-refractivity contribution in [1.29, 1.82) is 0 Å². The van der Waals surface area contributed by atoms with Gasteiger partial charge in [0.2, 0.25) is 10.0 Å². The van der Waals surface area contributed by atoms with Gasteiger partial charge in [-0.25, -0.2) is 13.6 Å². The molecule has 0 heterocycles. The number of nitrogens with two attached hydrogens (primary N) is 1. The number of nitrogens with one attached hydrogen (secondary N) is 1. The number of benzene rings is 1. The normalized spacial score (nSPS) is 11.6. The van der Waals surface area contributed by atoms with Gasteiger partial charge in [0, 0.05) is 6.04 Å². The molecule has 1 amide bonds. The van der Waals surface area contributed by atoms with Crippen LogP contribution in [0.2, 0.25) is 0 Å². The number of hydrogen-bond donors (Lipinski definition) is 2. The molecule has 0 aliphatic heterocycles. The molecule has 1 rings (SSSR count). The van der Waals surface area contributed by atoms with Crippen LogP contribution in [0.25, 0.3) is 0 Å². The molecule has 0 spiro atoms. The molecular weight excluding hydrogens is 292 g/mol. The van der Waals surface area contributed by atoms with Gasteiger partial charge in [0.05, 0.1) is 4.90 Å². The first-order valence-electron chi connectivity index (χ1n) is 6.59. The standard InChI is InChI=1S/C14H22N2O4S/c1-8(2)16-13(17)7-20-14-9(3)6-12(21(15,18)19)10(4)11(14)5/h6,8H,7H2,1-5H3,(H,16,17)(H2,15,18,19). The number of ether oxygens (including phenoxy) is 1. The highest BCUT2D eigenvalue weighted by atomic mass is 32.2. The van der Waals surface area contributed by atoms with Crippen LogP contribution in [0, 0.1) is 20.8 Å². The predicted molar refractivity (Wildman–Crippen MR) is 80.8 cm³/mol. The van der Waals surface area contributed by atoms with Gasteiger partial charge in [-0.1, -0.05) is 0 Å². The third-order valence-corrected chi connectivity index (χ3v) is 4.12. The Morgan fingerprint density at radius 1 is 1.29 bits per heavy atom. The zero-order chi connectivity index (χ0) is 16.4. The Balaban J connectivity index is 3.06. The summed E-state index contributed by atoms with van der Waals surface area (Å²) in [4.78, 5) is 11.7. The lowest BCUT2D eigenvalue weighted by Gasteiger charge is -2.17. The first-order valence-corrected chi connectivity index (χ1v) is 8.14. The highest BCUT2D eigenvalue weighted by molar-refractivity contribution is 7.89. The summed E-state index contributed by atoms with van der Waals surface area (Å²) in [5.74, 6) is 0.288. The van der Waals surface area contributed by atoms with Crippen molar-refractivity contribution >= 4 is 15.9 Å². The van der Waals surface area contributed by atoms with Gasteiger partial charge in [0.25, 0.3) is 5.91 Å². The van der Waals surface area contributed by atoms with Gasteiger partial charge in [-0.3, -0.25) is 4.79 Å². The summed E-state index contributed by atoms with van der Waals surface area (Å²) in [7, 11) is -3.78. The third kappa shape index (κ3) is 4.44. The molecule has 118 valence electrons. The summed E-state index contributed by atoms with van der Waals surface area (Å²) in [5, 5.41) is 7.91. The van der Waals surface area contributed by atoms with Crippen LogP contribution in [-0.4, -0.2) is 27.0 Å². The van der Waals surface area contributed by atoms with Gasteiger partial charge in [0.15, 0.2) is 6.61 Å². The average molecular weight is 314 g/mol. The number of carbonyl (C=O) groups is 1. The lowest BCUT2D eigenvalue weighted by Crippen LogP contribution is -2.34. The van der Waals surface area contributed by atoms with Crippen molar-refractivity contribution < 1.29 is 17.9 Å². The number of primary sulfonamides is 1. The van der Waals surface area contributed by atoms with E-state index in [-0.39, 0.29) is 23.5 Å². The van der Waals surface area contributed by atoms with Crippen molar-refractivity contribution in [1.82, 2.24) is 5.32 Å². The molecule has 0 aromatic heterocycles. The van der Waals surface area contributed by atoms with E-state index in [2.05, 4.69) is 5.32 Å². The number of sulfonamides is 1. The van der Waals surface area contributed by atoms with Crippen molar-refractivity contribution in [3.8, 4) is 5.75 Å². The summed E-state index contributed by atoms with van der Waals surface area (Å²) in [6.45, 7) is 8.73. The molecule has 1 aromatic rings. The summed E-state index contributed by atoms with van der Waals surface area (Å²) in [5.41, 5.74) is 1.82. The molecule has 0 bridgehead atoms. The molecular formula is C14H22N2O4S. The smallest absolute Gasteiger partial charge is 0.258 e. The van der Waals surface area contributed by atoms with Crippen LogP contribution in [0.5, 0.6) is 5.75 Å². The molecule has 3 N–H and O–H groups in total. The summed E-state index contributed by atoms with van der Waals surface area (Å²) < 4.78 is 28.6. The van der Waals surface area contributed by atoms with E-state index >= 15 is 0 Å². The Labute approximate surface area is 125 Å². The van der Waals surface area contributed by atoms with E-state index in [9.17, 15) is 13.2 Å². The van der Waals surface area contributed by atoms with Gasteiger partial charge in [-0.2, -0.15) is 0 Å². The van der Waals surface area contributed by atoms with Crippen LogP contribution in [-0.2, 0) is 14.8 Å². The second-order valence-corrected chi connectivity index (χ2v) is 6.86. The molecule has 0 radical (unpaired) electrons. The second-order valence-electron chi connectivity index (χ2n) is 5.33. The Bertz CT molecular complexity index is 651. The van der Waals surface area contributed by atoms with E-state index in [1.807, 2.05) is 13.8 Å². The molecule has 0 aliphatic carbocycles. The molecule has 0 fully saturated rings. The minimum Gasteiger partial charge on any atom is -0.483 e. The van der Waals surface area contributed by atoms with Crippen LogP contribution in [0.15, 0.2) is 11.0 Å². The first kappa shape index (κ1) is 17.5. The maximum Gasteiger partial charge on any atom is 0.258 e. The van der Waals surface area contributed by atoms with E-state index in [1.54, 1.807) is 20.8 Å². The van der Waals surface area contributed by atoms with Crippen molar-refractivity contribution in [2.24, 2.45) is 5.14 Å². The summed E-state index contributed by atoms with van der Waals surface area (Å²) in [6.07, 6.45) is 0. The lowest BCUT2D eigenvalue weighted by atomic mass is 10.1. The van der Waals surface area contributed by atoms with E-state index < -0.39 is 10.0 Å². The van der Waals surface area contributed by atoms with Crippen LogP contribution in [0.3, 0.4) is 0 Å². The monoisotopic (exact) mass is 314 g/mol. The minimum atomic E-state index is -3.78. The Hall–Kier alpha value is -1.60. The average Bonchev–Trinajstić information content (AvgIpc) is 2.31. The maximum absolute atomic E-state index is 11.6. The van der Waals surface area contributed by atoms with Crippen molar-refractivity contribution in [2.75, 3.05) is 6.61 Å². The molecule has 0 saturated carbocycles. The largest absolute Gasteiger partial charge is 0.483 e. The van der Waals surface area contributed by atoms with Crippen LogP contribution < -0.4 is 15.2 Å². The van der Waals surface area contributed by atoms with E-state index in [0.29, 0.717) is 22.4 Å². The SMILES string of the molecule is Cc1cc(S(N)(=O)=O)c(C)c(C)c1OCC(=O)NC(C)C. The first-order chi connectivity index (χ1) is 9.54. The summed E-state index contributed by atoms with van der Waals surface area (Å²) >= 11 is 0. The van der Waals surface area contributed by atoms with Crippen molar-refractivity contribution in [2.45, 2.75) is 45.6 Å². The molecule has 0 aliphatic rings. The molecule has 6 nitrogen and oxygen atoms in total. The quantitative estimate of drug-likeness (QED) is 0.852. The van der Waals surface area contributed by atoms with Gasteiger partial charge >= 0.3 is 0 Å². The predicted octanol–water partition coefficient (Wildman–Crippen LogP) is 1.16. The summed E-state index contributed by atoms with van der Waals surface area (Å²) in [6, 6.07) is 1.50. The van der Waals surface area contributed by atoms with Crippen molar-refractivity contribution in [3.05, 3.63) is 22.8 Å². The number of carbonyl (C=O) groups excluding carboxylic acids is 1. The molecule has 21 heavy (non-hydrogen) atoms. The van der Waals surface area contributed by atoms with Gasteiger partial charge in [0.1, 0.15) is 5.75 Å². The van der Waals surface area contributed by atoms with Gasteiger partial charge in [-0.05, 0) is 57.4 Å². The number of aryl methyl sites for hydroxylation is 1. The molecule has 1 aromatic carbocycles. The number of hydrogen-bond acceptors (Lipinski definition) is 4. The third-order valence-electron chi connectivity index (χ3n) is 3.08. The maximum atomic E-state index is 11.6. The Morgan fingerprint density at radius 2 is 1.86 bits per heavy atom. The number of amides is 1. The minimum absolute atomic E-state index is 0.0368. The fourth-order valence-corrected chi connectivity index (χ4v) is 2.96. The topological polar surface area (TPSA) is 98.5 Å². The van der Waals surface area contributed by atoms with E-state index in [1.165, 1.54) is 6.07 Å². The van der Waals surface area contributed by atoms with Crippen LogP contribution in [0.1, 0.15) is 30.5 Å². The van der Waals surface area contributed by atoms with Crippen molar-refractivity contribution in [3.63, 3.8) is 0 Å². The zero-order valence-electron chi connectivity index (χ0n) is 13.0. The second kappa shape index (κ2) is 6.44. The Kier molecular flexibility index (Phi) is 5.36. The number of rotatable bonds is 5. The van der Waals surface area contributed by atoms with Crippen LogP contribution >= 0.6 is 0 Å². The molecule has 0 unspecified atom stereocenters. The van der Waals surface area contributed by atoms with E-state index in [4.69, 9.17) is 9.88 Å².